The quantitative estimate of drug-likeness (QED) is 0.658. The van der Waals surface area contributed by atoms with Gasteiger partial charge in [0.25, 0.3) is 5.91 Å². The van der Waals surface area contributed by atoms with Gasteiger partial charge in [-0.1, -0.05) is 36.4 Å². The number of aromatic nitrogens is 1. The van der Waals surface area contributed by atoms with Gasteiger partial charge < -0.3 is 9.88 Å². The van der Waals surface area contributed by atoms with Crippen molar-refractivity contribution in [1.29, 1.82) is 0 Å². The summed E-state index contributed by atoms with van der Waals surface area (Å²) in [6, 6.07) is 19.8. The molecule has 2 aromatic carbocycles. The molecule has 0 radical (unpaired) electrons. The molecule has 2 heterocycles. The van der Waals surface area contributed by atoms with E-state index in [9.17, 15) is 4.79 Å². The molecule has 0 aliphatic carbocycles. The number of hydrogen-bond acceptors (Lipinski definition) is 3. The van der Waals surface area contributed by atoms with Crippen LogP contribution in [0.5, 0.6) is 0 Å². The summed E-state index contributed by atoms with van der Waals surface area (Å²) in [5, 5.41) is 3.46. The largest absolute Gasteiger partial charge is 0.320 e. The van der Waals surface area contributed by atoms with Crippen LogP contribution in [0.2, 0.25) is 0 Å². The van der Waals surface area contributed by atoms with Crippen molar-refractivity contribution in [2.75, 3.05) is 0 Å². The van der Waals surface area contributed by atoms with Crippen LogP contribution in [0.3, 0.4) is 0 Å². The van der Waals surface area contributed by atoms with E-state index < -0.39 is 0 Å². The van der Waals surface area contributed by atoms with Crippen LogP contribution in [-0.4, -0.2) is 15.6 Å². The number of thioether (sulfide) groups is 1. The highest BCUT2D eigenvalue weighted by atomic mass is 32.2. The first-order valence-electron chi connectivity index (χ1n) is 8.70. The van der Waals surface area contributed by atoms with Crippen molar-refractivity contribution >= 4 is 34.6 Å². The lowest BCUT2D eigenvalue weighted by Crippen LogP contribution is -2.19. The predicted octanol–water partition coefficient (Wildman–Crippen LogP) is 4.99. The standard InChI is InChI=1S/C22H19N3OS/c1-15-14-25(18-11-7-4-8-12-18)16(2)19(15)13-20-21(26)24-22(27-20)23-17-9-5-3-6-10-17/h3-14H,1-2H3,(H,23,24,26). The second kappa shape index (κ2) is 7.29. The predicted molar refractivity (Wildman–Crippen MR) is 112 cm³/mol. The van der Waals surface area contributed by atoms with E-state index in [1.54, 1.807) is 0 Å². The van der Waals surface area contributed by atoms with E-state index in [-0.39, 0.29) is 5.91 Å². The molecule has 1 N–H and O–H groups in total. The van der Waals surface area contributed by atoms with Crippen molar-refractivity contribution in [3.05, 3.63) is 88.6 Å². The Kier molecular flexibility index (Phi) is 4.69. The number of rotatable bonds is 3. The molecule has 1 amide bonds. The minimum absolute atomic E-state index is 0.110. The Morgan fingerprint density at radius 1 is 1.00 bits per heavy atom. The number of para-hydroxylation sites is 2. The molecular formula is C22H19N3OS. The van der Waals surface area contributed by atoms with Gasteiger partial charge in [-0.05, 0) is 67.1 Å². The van der Waals surface area contributed by atoms with Crippen LogP contribution in [0.15, 0.2) is 76.8 Å². The van der Waals surface area contributed by atoms with E-state index in [1.165, 1.54) is 11.8 Å². The number of amides is 1. The van der Waals surface area contributed by atoms with Gasteiger partial charge in [-0.15, -0.1) is 0 Å². The second-order valence-electron chi connectivity index (χ2n) is 6.33. The Hall–Kier alpha value is -3.05. The third kappa shape index (κ3) is 3.59. The molecule has 4 nitrogen and oxygen atoms in total. The van der Waals surface area contributed by atoms with Gasteiger partial charge in [-0.3, -0.25) is 4.79 Å². The molecule has 0 spiro atoms. The summed E-state index contributed by atoms with van der Waals surface area (Å²) in [4.78, 5) is 17.5. The zero-order valence-corrected chi connectivity index (χ0v) is 16.0. The molecule has 0 bridgehead atoms. The SMILES string of the molecule is Cc1cn(-c2ccccc2)c(C)c1C=C1SC(=Nc2ccccc2)NC1=O. The first kappa shape index (κ1) is 17.4. The molecule has 0 unspecified atom stereocenters. The highest BCUT2D eigenvalue weighted by Crippen LogP contribution is 2.31. The fourth-order valence-electron chi connectivity index (χ4n) is 3.08. The Morgan fingerprint density at radius 2 is 1.67 bits per heavy atom. The van der Waals surface area contributed by atoms with Crippen LogP contribution < -0.4 is 5.32 Å². The smallest absolute Gasteiger partial charge is 0.264 e. The monoisotopic (exact) mass is 373 g/mol. The fraction of sp³-hybridized carbons (Fsp3) is 0.0909. The van der Waals surface area contributed by atoms with Gasteiger partial charge in [0.1, 0.15) is 0 Å². The number of carbonyl (C=O) groups excluding carboxylic acids is 1. The zero-order valence-electron chi connectivity index (χ0n) is 15.1. The van der Waals surface area contributed by atoms with Gasteiger partial charge in [-0.25, -0.2) is 4.99 Å². The number of amidine groups is 1. The Labute approximate surface area is 162 Å². The molecule has 0 atom stereocenters. The van der Waals surface area contributed by atoms with Gasteiger partial charge in [0.05, 0.1) is 10.6 Å². The topological polar surface area (TPSA) is 46.4 Å². The van der Waals surface area contributed by atoms with Crippen molar-refractivity contribution in [2.45, 2.75) is 13.8 Å². The van der Waals surface area contributed by atoms with Gasteiger partial charge in [0, 0.05) is 17.6 Å². The average Bonchev–Trinajstić information content (AvgIpc) is 3.17. The molecule has 1 aromatic heterocycles. The summed E-state index contributed by atoms with van der Waals surface area (Å²) < 4.78 is 2.15. The van der Waals surface area contributed by atoms with Crippen molar-refractivity contribution in [2.24, 2.45) is 4.99 Å². The van der Waals surface area contributed by atoms with E-state index in [2.05, 4.69) is 47.1 Å². The molecule has 3 aromatic rings. The fourth-order valence-corrected chi connectivity index (χ4v) is 3.91. The molecule has 0 saturated carbocycles. The molecule has 1 fully saturated rings. The third-order valence-electron chi connectivity index (χ3n) is 4.45. The van der Waals surface area contributed by atoms with Crippen molar-refractivity contribution in [3.8, 4) is 5.69 Å². The van der Waals surface area contributed by atoms with Crippen LogP contribution in [0.4, 0.5) is 5.69 Å². The molecular weight excluding hydrogens is 354 g/mol. The van der Waals surface area contributed by atoms with E-state index in [1.807, 2.05) is 54.6 Å². The Bertz CT molecular complexity index is 1050. The van der Waals surface area contributed by atoms with Crippen LogP contribution >= 0.6 is 11.8 Å². The van der Waals surface area contributed by atoms with E-state index >= 15 is 0 Å². The highest BCUT2D eigenvalue weighted by molar-refractivity contribution is 8.18. The Morgan fingerprint density at radius 3 is 2.37 bits per heavy atom. The molecule has 134 valence electrons. The van der Waals surface area contributed by atoms with Gasteiger partial charge >= 0.3 is 0 Å². The number of carbonyl (C=O) groups is 1. The number of hydrogen-bond donors (Lipinski definition) is 1. The van der Waals surface area contributed by atoms with Crippen LogP contribution in [-0.2, 0) is 4.79 Å². The minimum atomic E-state index is -0.110. The minimum Gasteiger partial charge on any atom is -0.320 e. The highest BCUT2D eigenvalue weighted by Gasteiger charge is 2.24. The number of aliphatic imine (C=N–C) groups is 1. The first-order valence-corrected chi connectivity index (χ1v) is 9.52. The molecule has 5 heteroatoms. The lowest BCUT2D eigenvalue weighted by atomic mass is 10.1. The molecule has 1 aliphatic rings. The number of nitrogens with zero attached hydrogens (tertiary/aromatic N) is 2. The van der Waals surface area contributed by atoms with E-state index in [0.717, 1.165) is 28.2 Å². The summed E-state index contributed by atoms with van der Waals surface area (Å²) in [6.45, 7) is 4.14. The lowest BCUT2D eigenvalue weighted by Gasteiger charge is -2.06. The maximum absolute atomic E-state index is 12.4. The molecule has 27 heavy (non-hydrogen) atoms. The molecule has 1 aliphatic heterocycles. The number of nitrogens with one attached hydrogen (secondary N) is 1. The van der Waals surface area contributed by atoms with Crippen LogP contribution in [0.25, 0.3) is 11.8 Å². The summed E-state index contributed by atoms with van der Waals surface area (Å²) in [5.74, 6) is -0.110. The van der Waals surface area contributed by atoms with Crippen LogP contribution in [0.1, 0.15) is 16.8 Å². The maximum atomic E-state index is 12.4. The zero-order chi connectivity index (χ0) is 18.8. The molecule has 1 saturated heterocycles. The van der Waals surface area contributed by atoms with E-state index in [0.29, 0.717) is 10.1 Å². The Balaban J connectivity index is 1.65. The number of benzene rings is 2. The van der Waals surface area contributed by atoms with Crippen molar-refractivity contribution < 1.29 is 4.79 Å². The maximum Gasteiger partial charge on any atom is 0.264 e. The summed E-state index contributed by atoms with van der Waals surface area (Å²) >= 11 is 1.37. The second-order valence-corrected chi connectivity index (χ2v) is 7.36. The summed E-state index contributed by atoms with van der Waals surface area (Å²) in [6.07, 6.45) is 4.06. The van der Waals surface area contributed by atoms with Crippen molar-refractivity contribution in [1.82, 2.24) is 9.88 Å². The normalized spacial score (nSPS) is 16.9. The van der Waals surface area contributed by atoms with Crippen molar-refractivity contribution in [3.63, 3.8) is 0 Å². The average molecular weight is 373 g/mol. The lowest BCUT2D eigenvalue weighted by molar-refractivity contribution is -0.115. The number of aryl methyl sites for hydroxylation is 1. The van der Waals surface area contributed by atoms with Gasteiger partial charge in [0.15, 0.2) is 5.17 Å². The van der Waals surface area contributed by atoms with Crippen LogP contribution in [0, 0.1) is 13.8 Å². The molecule has 4 rings (SSSR count). The van der Waals surface area contributed by atoms with Gasteiger partial charge in [0.2, 0.25) is 0 Å². The van der Waals surface area contributed by atoms with E-state index in [4.69, 9.17) is 0 Å². The summed E-state index contributed by atoms with van der Waals surface area (Å²) in [7, 11) is 0. The van der Waals surface area contributed by atoms with Gasteiger partial charge in [-0.2, -0.15) is 0 Å². The first-order chi connectivity index (χ1) is 13.1. The third-order valence-corrected chi connectivity index (χ3v) is 5.36. The summed E-state index contributed by atoms with van der Waals surface area (Å²) in [5.41, 5.74) is 5.23.